The molecule has 0 bridgehead atoms. The maximum absolute atomic E-state index is 11.8. The van der Waals surface area contributed by atoms with Crippen LogP contribution in [0.1, 0.15) is 20.3 Å². The standard InChI is InChI=1S/C11H22N2O2S/c1-8-4-5-12-9(8)10(14)13-6-11(2,15)7-16-3/h8-9,12,15H,4-7H2,1-3H3,(H,13,14). The number of aliphatic hydroxyl groups is 1. The van der Waals surface area contributed by atoms with Crippen LogP contribution in [0.4, 0.5) is 0 Å². The highest BCUT2D eigenvalue weighted by Crippen LogP contribution is 2.15. The first-order valence-corrected chi connectivity index (χ1v) is 7.08. The lowest BCUT2D eigenvalue weighted by Gasteiger charge is -2.24. The molecule has 0 saturated carbocycles. The zero-order chi connectivity index (χ0) is 12.2. The van der Waals surface area contributed by atoms with Crippen LogP contribution in [0.25, 0.3) is 0 Å². The molecule has 0 aliphatic carbocycles. The molecule has 3 atom stereocenters. The molecule has 3 unspecified atom stereocenters. The number of rotatable bonds is 5. The number of carbonyl (C=O) groups is 1. The van der Waals surface area contributed by atoms with Gasteiger partial charge in [0.2, 0.25) is 5.91 Å². The van der Waals surface area contributed by atoms with E-state index < -0.39 is 5.60 Å². The molecule has 1 aliphatic rings. The summed E-state index contributed by atoms with van der Waals surface area (Å²) in [5, 5.41) is 15.9. The normalized spacial score (nSPS) is 28.8. The molecule has 0 aromatic carbocycles. The van der Waals surface area contributed by atoms with Crippen LogP contribution in [0.3, 0.4) is 0 Å². The summed E-state index contributed by atoms with van der Waals surface area (Å²) in [6.07, 6.45) is 2.98. The summed E-state index contributed by atoms with van der Waals surface area (Å²) >= 11 is 1.58. The van der Waals surface area contributed by atoms with Crippen LogP contribution in [0.15, 0.2) is 0 Å². The minimum absolute atomic E-state index is 0.00591. The van der Waals surface area contributed by atoms with Crippen molar-refractivity contribution in [1.82, 2.24) is 10.6 Å². The molecule has 1 saturated heterocycles. The van der Waals surface area contributed by atoms with E-state index in [1.54, 1.807) is 18.7 Å². The number of carbonyl (C=O) groups excluding carboxylic acids is 1. The van der Waals surface area contributed by atoms with E-state index in [-0.39, 0.29) is 11.9 Å². The van der Waals surface area contributed by atoms with E-state index in [4.69, 9.17) is 0 Å². The first-order chi connectivity index (χ1) is 7.46. The van der Waals surface area contributed by atoms with Crippen LogP contribution in [-0.4, -0.2) is 47.8 Å². The number of hydrogen-bond donors (Lipinski definition) is 3. The Hall–Kier alpha value is -0.260. The third-order valence-electron chi connectivity index (χ3n) is 2.91. The van der Waals surface area contributed by atoms with Gasteiger partial charge in [-0.1, -0.05) is 6.92 Å². The SMILES string of the molecule is CSCC(C)(O)CNC(=O)C1NCCC1C. The van der Waals surface area contributed by atoms with E-state index in [2.05, 4.69) is 17.6 Å². The summed E-state index contributed by atoms with van der Waals surface area (Å²) in [4.78, 5) is 11.8. The van der Waals surface area contributed by atoms with Gasteiger partial charge in [0, 0.05) is 12.3 Å². The predicted molar refractivity (Wildman–Crippen MR) is 67.6 cm³/mol. The predicted octanol–water partition coefficient (Wildman–Crippen LogP) is 0.215. The molecule has 0 spiro atoms. The fourth-order valence-corrected chi connectivity index (χ4v) is 2.66. The van der Waals surface area contributed by atoms with E-state index >= 15 is 0 Å². The highest BCUT2D eigenvalue weighted by molar-refractivity contribution is 7.98. The molecular weight excluding hydrogens is 224 g/mol. The lowest BCUT2D eigenvalue weighted by molar-refractivity contribution is -0.124. The molecule has 0 aromatic heterocycles. The lowest BCUT2D eigenvalue weighted by atomic mass is 10.0. The van der Waals surface area contributed by atoms with Gasteiger partial charge in [-0.3, -0.25) is 4.79 Å². The Morgan fingerprint density at radius 1 is 1.69 bits per heavy atom. The molecule has 3 N–H and O–H groups in total. The fraction of sp³-hybridized carbons (Fsp3) is 0.909. The number of thioether (sulfide) groups is 1. The summed E-state index contributed by atoms with van der Waals surface area (Å²) in [7, 11) is 0. The summed E-state index contributed by atoms with van der Waals surface area (Å²) in [5.41, 5.74) is -0.823. The van der Waals surface area contributed by atoms with Crippen molar-refractivity contribution in [3.63, 3.8) is 0 Å². The molecule has 0 aromatic rings. The average Bonchev–Trinajstić information content (AvgIpc) is 2.61. The second kappa shape index (κ2) is 5.89. The van der Waals surface area contributed by atoms with Gasteiger partial charge in [-0.15, -0.1) is 0 Å². The third kappa shape index (κ3) is 3.96. The molecule has 5 heteroatoms. The van der Waals surface area contributed by atoms with Crippen LogP contribution >= 0.6 is 11.8 Å². The van der Waals surface area contributed by atoms with E-state index in [9.17, 15) is 9.90 Å². The largest absolute Gasteiger partial charge is 0.387 e. The van der Waals surface area contributed by atoms with Crippen molar-refractivity contribution in [3.05, 3.63) is 0 Å². The van der Waals surface area contributed by atoms with Crippen molar-refractivity contribution in [2.75, 3.05) is 25.1 Å². The maximum Gasteiger partial charge on any atom is 0.237 e. The molecular formula is C11H22N2O2S. The van der Waals surface area contributed by atoms with Crippen LogP contribution in [-0.2, 0) is 4.79 Å². The van der Waals surface area contributed by atoms with E-state index in [0.29, 0.717) is 18.2 Å². The third-order valence-corrected chi connectivity index (χ3v) is 3.82. The summed E-state index contributed by atoms with van der Waals surface area (Å²) in [5.74, 6) is 1.01. The monoisotopic (exact) mass is 246 g/mol. The highest BCUT2D eigenvalue weighted by atomic mass is 32.2. The topological polar surface area (TPSA) is 61.4 Å². The smallest absolute Gasteiger partial charge is 0.237 e. The van der Waals surface area contributed by atoms with Crippen LogP contribution < -0.4 is 10.6 Å². The Balaban J connectivity index is 2.34. The van der Waals surface area contributed by atoms with E-state index in [1.807, 2.05) is 6.26 Å². The number of nitrogens with one attached hydrogen (secondary N) is 2. The van der Waals surface area contributed by atoms with Gasteiger partial charge >= 0.3 is 0 Å². The van der Waals surface area contributed by atoms with Gasteiger partial charge in [0.05, 0.1) is 11.6 Å². The van der Waals surface area contributed by atoms with Crippen LogP contribution in [0, 0.1) is 5.92 Å². The fourth-order valence-electron chi connectivity index (χ4n) is 1.93. The molecule has 1 rings (SSSR count). The number of hydrogen-bond acceptors (Lipinski definition) is 4. The molecule has 16 heavy (non-hydrogen) atoms. The van der Waals surface area contributed by atoms with Gasteiger partial charge in [-0.05, 0) is 32.1 Å². The molecule has 1 aliphatic heterocycles. The molecule has 1 fully saturated rings. The van der Waals surface area contributed by atoms with E-state index in [0.717, 1.165) is 13.0 Å². The van der Waals surface area contributed by atoms with Gasteiger partial charge in [0.25, 0.3) is 0 Å². The maximum atomic E-state index is 11.8. The zero-order valence-corrected chi connectivity index (χ0v) is 11.1. The quantitative estimate of drug-likeness (QED) is 0.649. The highest BCUT2D eigenvalue weighted by Gasteiger charge is 2.30. The van der Waals surface area contributed by atoms with Crippen molar-refractivity contribution in [2.45, 2.75) is 31.9 Å². The van der Waals surface area contributed by atoms with Crippen molar-refractivity contribution in [3.8, 4) is 0 Å². The Labute approximate surface area is 102 Å². The molecule has 94 valence electrons. The second-order valence-electron chi connectivity index (χ2n) is 4.85. The van der Waals surface area contributed by atoms with Gasteiger partial charge < -0.3 is 15.7 Å². The molecule has 1 amide bonds. The molecule has 4 nitrogen and oxygen atoms in total. The zero-order valence-electron chi connectivity index (χ0n) is 10.2. The Morgan fingerprint density at radius 3 is 2.88 bits per heavy atom. The van der Waals surface area contributed by atoms with Crippen LogP contribution in [0.2, 0.25) is 0 Å². The Kier molecular flexibility index (Phi) is 5.08. The molecule has 1 heterocycles. The minimum atomic E-state index is -0.823. The van der Waals surface area contributed by atoms with E-state index in [1.165, 1.54) is 0 Å². The van der Waals surface area contributed by atoms with Crippen LogP contribution in [0.5, 0.6) is 0 Å². The van der Waals surface area contributed by atoms with Gasteiger partial charge in [-0.2, -0.15) is 11.8 Å². The first-order valence-electron chi connectivity index (χ1n) is 5.69. The minimum Gasteiger partial charge on any atom is -0.387 e. The number of amides is 1. The van der Waals surface area contributed by atoms with Crippen molar-refractivity contribution < 1.29 is 9.90 Å². The Bertz CT molecular complexity index is 246. The Morgan fingerprint density at radius 2 is 2.38 bits per heavy atom. The first kappa shape index (κ1) is 13.8. The summed E-state index contributed by atoms with van der Waals surface area (Å²) < 4.78 is 0. The lowest BCUT2D eigenvalue weighted by Crippen LogP contribution is -2.49. The summed E-state index contributed by atoms with van der Waals surface area (Å²) in [6.45, 7) is 5.04. The average molecular weight is 246 g/mol. The van der Waals surface area contributed by atoms with Gasteiger partial charge in [0.1, 0.15) is 0 Å². The summed E-state index contributed by atoms with van der Waals surface area (Å²) in [6, 6.07) is -0.0925. The van der Waals surface area contributed by atoms with Gasteiger partial charge in [-0.25, -0.2) is 0 Å². The molecule has 0 radical (unpaired) electrons. The van der Waals surface area contributed by atoms with Crippen molar-refractivity contribution >= 4 is 17.7 Å². The second-order valence-corrected chi connectivity index (χ2v) is 5.71. The van der Waals surface area contributed by atoms with Crippen molar-refractivity contribution in [2.24, 2.45) is 5.92 Å². The van der Waals surface area contributed by atoms with Crippen molar-refractivity contribution in [1.29, 1.82) is 0 Å². The van der Waals surface area contributed by atoms with Gasteiger partial charge in [0.15, 0.2) is 0 Å².